The summed E-state index contributed by atoms with van der Waals surface area (Å²) in [6, 6.07) is 17.1. The van der Waals surface area contributed by atoms with Crippen LogP contribution in [0, 0.1) is 28.4 Å². The minimum atomic E-state index is -4.21. The van der Waals surface area contributed by atoms with Gasteiger partial charge in [-0.2, -0.15) is 19.1 Å². The molecule has 0 bridgehead atoms. The van der Waals surface area contributed by atoms with Gasteiger partial charge in [0.1, 0.15) is 17.5 Å². The molecule has 0 amide bonds. The zero-order chi connectivity index (χ0) is 28.1. The Morgan fingerprint density at radius 1 is 1.18 bits per heavy atom. The first kappa shape index (κ1) is 26.1. The van der Waals surface area contributed by atoms with E-state index in [1.807, 2.05) is 49.1 Å². The number of rotatable bonds is 6. The standard InChI is InChI=1S/C26H26N8O4S/c1-17-19(15-27)23-29-25(28)30-33(23)24(22(17)18-9-5-4-6-10-18)32-14-13-26(2,16-32)31(3)39(37,38)21-12-8-7-11-20(21)34(35)36/h4-12H,13-14,16H2,1-3H3,(H2,28,30)/t26-/m0/s1. The molecule has 2 aromatic carbocycles. The summed E-state index contributed by atoms with van der Waals surface area (Å²) >= 11 is 0. The number of likely N-dealkylation sites (N-methyl/N-ethyl adjacent to an activating group) is 1. The van der Waals surface area contributed by atoms with Crippen molar-refractivity contribution in [3.8, 4) is 17.2 Å². The highest BCUT2D eigenvalue weighted by Gasteiger charge is 2.46. The number of hydrogen-bond donors (Lipinski definition) is 1. The van der Waals surface area contributed by atoms with Crippen LogP contribution in [0.25, 0.3) is 16.8 Å². The van der Waals surface area contributed by atoms with E-state index in [0.717, 1.165) is 11.1 Å². The van der Waals surface area contributed by atoms with E-state index in [1.165, 1.54) is 35.6 Å². The molecule has 0 aliphatic carbocycles. The predicted octanol–water partition coefficient (Wildman–Crippen LogP) is 3.36. The molecule has 12 nitrogen and oxygen atoms in total. The van der Waals surface area contributed by atoms with E-state index < -0.39 is 26.2 Å². The van der Waals surface area contributed by atoms with Crippen molar-refractivity contribution < 1.29 is 13.3 Å². The number of hydrogen-bond acceptors (Lipinski definition) is 9. The molecule has 3 heterocycles. The molecule has 2 aromatic heterocycles. The summed E-state index contributed by atoms with van der Waals surface area (Å²) in [5.74, 6) is 0.646. The molecule has 2 N–H and O–H groups in total. The molecule has 39 heavy (non-hydrogen) atoms. The van der Waals surface area contributed by atoms with Gasteiger partial charge in [-0.3, -0.25) is 10.1 Å². The first-order valence-electron chi connectivity index (χ1n) is 12.1. The van der Waals surface area contributed by atoms with Gasteiger partial charge in [-0.25, -0.2) is 8.42 Å². The van der Waals surface area contributed by atoms with Crippen LogP contribution in [0.3, 0.4) is 0 Å². The van der Waals surface area contributed by atoms with E-state index >= 15 is 0 Å². The number of pyridine rings is 1. The number of sulfonamides is 1. The lowest BCUT2D eigenvalue weighted by atomic mass is 9.97. The molecule has 0 spiro atoms. The highest BCUT2D eigenvalue weighted by Crippen LogP contribution is 2.42. The Labute approximate surface area is 225 Å². The number of nitro benzene ring substituents is 1. The maximum Gasteiger partial charge on any atom is 0.289 e. The van der Waals surface area contributed by atoms with Crippen LogP contribution in [0.15, 0.2) is 59.5 Å². The maximum atomic E-state index is 13.7. The van der Waals surface area contributed by atoms with Gasteiger partial charge < -0.3 is 10.6 Å². The Morgan fingerprint density at radius 3 is 2.51 bits per heavy atom. The molecule has 1 fully saturated rings. The summed E-state index contributed by atoms with van der Waals surface area (Å²) in [7, 11) is -2.77. The molecule has 1 aliphatic heterocycles. The fraction of sp³-hybridized carbons (Fsp3) is 0.269. The van der Waals surface area contributed by atoms with Gasteiger partial charge in [0, 0.05) is 31.8 Å². The zero-order valence-corrected chi connectivity index (χ0v) is 22.4. The number of nitro groups is 1. The van der Waals surface area contributed by atoms with E-state index in [1.54, 1.807) is 4.52 Å². The molecular formula is C26H26N8O4S. The Bertz CT molecular complexity index is 1760. The summed E-state index contributed by atoms with van der Waals surface area (Å²) in [4.78, 5) is 16.8. The third-order valence-corrected chi connectivity index (χ3v) is 9.47. The van der Waals surface area contributed by atoms with Gasteiger partial charge in [-0.05, 0) is 37.5 Å². The van der Waals surface area contributed by atoms with Crippen molar-refractivity contribution >= 4 is 33.1 Å². The van der Waals surface area contributed by atoms with Crippen LogP contribution in [0.1, 0.15) is 24.5 Å². The number of nitrogens with two attached hydrogens (primary N) is 1. The van der Waals surface area contributed by atoms with Gasteiger partial charge in [0.2, 0.25) is 16.0 Å². The molecule has 0 unspecified atom stereocenters. The number of aromatic nitrogens is 3. The predicted molar refractivity (Wildman–Crippen MR) is 146 cm³/mol. The van der Waals surface area contributed by atoms with Crippen molar-refractivity contribution in [3.63, 3.8) is 0 Å². The van der Waals surface area contributed by atoms with Crippen molar-refractivity contribution in [2.45, 2.75) is 30.7 Å². The van der Waals surface area contributed by atoms with Crippen LogP contribution in [-0.4, -0.2) is 57.9 Å². The lowest BCUT2D eigenvalue weighted by molar-refractivity contribution is -0.387. The van der Waals surface area contributed by atoms with Crippen LogP contribution >= 0.6 is 0 Å². The summed E-state index contributed by atoms with van der Waals surface area (Å²) < 4.78 is 30.1. The normalized spacial score (nSPS) is 17.6. The average Bonchev–Trinajstić information content (AvgIpc) is 3.50. The topological polar surface area (TPSA) is 164 Å². The van der Waals surface area contributed by atoms with E-state index in [2.05, 4.69) is 16.2 Å². The molecule has 1 atom stereocenters. The lowest BCUT2D eigenvalue weighted by Gasteiger charge is -2.35. The molecule has 1 aliphatic rings. The van der Waals surface area contributed by atoms with E-state index in [-0.39, 0.29) is 17.4 Å². The molecule has 0 radical (unpaired) electrons. The Kier molecular flexibility index (Phi) is 6.24. The molecule has 5 rings (SSSR count). The summed E-state index contributed by atoms with van der Waals surface area (Å²) in [6.07, 6.45) is 0.433. The maximum absolute atomic E-state index is 13.7. The summed E-state index contributed by atoms with van der Waals surface area (Å²) in [5.41, 5.74) is 7.55. The number of fused-ring (bicyclic) bond motifs is 1. The quantitative estimate of drug-likeness (QED) is 0.282. The van der Waals surface area contributed by atoms with Crippen molar-refractivity contribution in [1.29, 1.82) is 5.26 Å². The summed E-state index contributed by atoms with van der Waals surface area (Å²) in [6.45, 7) is 4.36. The monoisotopic (exact) mass is 546 g/mol. The number of para-hydroxylation sites is 1. The van der Waals surface area contributed by atoms with Crippen LogP contribution in [0.4, 0.5) is 17.5 Å². The largest absolute Gasteiger partial charge is 0.366 e. The van der Waals surface area contributed by atoms with Crippen LogP contribution < -0.4 is 10.6 Å². The van der Waals surface area contributed by atoms with Crippen molar-refractivity contribution in [3.05, 3.63) is 75.8 Å². The highest BCUT2D eigenvalue weighted by molar-refractivity contribution is 7.89. The van der Waals surface area contributed by atoms with Crippen molar-refractivity contribution in [2.75, 3.05) is 30.8 Å². The number of benzene rings is 2. The van der Waals surface area contributed by atoms with Crippen LogP contribution in [0.5, 0.6) is 0 Å². The molecule has 4 aromatic rings. The SMILES string of the molecule is Cc1c(-c2ccccc2)c(N2CC[C@](C)(N(C)S(=O)(=O)c3ccccc3[N+](=O)[O-])C2)n2nc(N)nc2c1C#N. The van der Waals surface area contributed by atoms with E-state index in [4.69, 9.17) is 5.73 Å². The highest BCUT2D eigenvalue weighted by atomic mass is 32.2. The molecule has 13 heteroatoms. The second-order valence-electron chi connectivity index (χ2n) is 9.75. The Hall–Kier alpha value is -4.54. The molecule has 0 saturated carbocycles. The number of nitrogens with zero attached hydrogens (tertiary/aromatic N) is 7. The number of nitrogen functional groups attached to an aromatic ring is 1. The van der Waals surface area contributed by atoms with Crippen molar-refractivity contribution in [1.82, 2.24) is 18.9 Å². The van der Waals surface area contributed by atoms with Gasteiger partial charge in [0.15, 0.2) is 10.5 Å². The minimum Gasteiger partial charge on any atom is -0.366 e. The van der Waals surface area contributed by atoms with E-state index in [9.17, 15) is 23.8 Å². The van der Waals surface area contributed by atoms with Gasteiger partial charge in [0.05, 0.1) is 10.5 Å². The van der Waals surface area contributed by atoms with Crippen LogP contribution in [0.2, 0.25) is 0 Å². The van der Waals surface area contributed by atoms with Crippen molar-refractivity contribution in [2.24, 2.45) is 0 Å². The smallest absolute Gasteiger partial charge is 0.289 e. The minimum absolute atomic E-state index is 0.00963. The Morgan fingerprint density at radius 2 is 1.85 bits per heavy atom. The fourth-order valence-electron chi connectivity index (χ4n) is 5.23. The second kappa shape index (κ2) is 9.33. The fourth-order valence-corrected chi connectivity index (χ4v) is 6.91. The van der Waals surface area contributed by atoms with Gasteiger partial charge in [0.25, 0.3) is 5.69 Å². The van der Waals surface area contributed by atoms with Crippen LogP contribution in [-0.2, 0) is 10.0 Å². The summed E-state index contributed by atoms with van der Waals surface area (Å²) in [5, 5.41) is 25.9. The van der Waals surface area contributed by atoms with Gasteiger partial charge in [-0.15, -0.1) is 5.10 Å². The number of nitriles is 1. The first-order valence-corrected chi connectivity index (χ1v) is 13.6. The molecular weight excluding hydrogens is 520 g/mol. The zero-order valence-electron chi connectivity index (χ0n) is 21.6. The van der Waals surface area contributed by atoms with Gasteiger partial charge in [-0.1, -0.05) is 42.5 Å². The molecule has 200 valence electrons. The van der Waals surface area contributed by atoms with Gasteiger partial charge >= 0.3 is 0 Å². The third-order valence-electron chi connectivity index (χ3n) is 7.41. The second-order valence-corrected chi connectivity index (χ2v) is 11.7. The number of anilines is 2. The van der Waals surface area contributed by atoms with E-state index in [0.29, 0.717) is 35.6 Å². The average molecular weight is 547 g/mol. The lowest BCUT2D eigenvalue weighted by Crippen LogP contribution is -2.49. The third kappa shape index (κ3) is 4.14. The first-order chi connectivity index (χ1) is 18.5. The molecule has 1 saturated heterocycles. The Balaban J connectivity index is 1.64.